The van der Waals surface area contributed by atoms with Crippen molar-refractivity contribution in [2.75, 3.05) is 26.2 Å². The molecule has 0 saturated carbocycles. The van der Waals surface area contributed by atoms with Crippen molar-refractivity contribution in [2.45, 2.75) is 6.92 Å². The van der Waals surface area contributed by atoms with Gasteiger partial charge in [0.15, 0.2) is 11.5 Å². The number of hydrogen-bond acceptors (Lipinski definition) is 7. The Morgan fingerprint density at radius 2 is 1.61 bits per heavy atom. The molecule has 1 amide bonds. The molecular weight excluding hydrogens is 402 g/mol. The van der Waals surface area contributed by atoms with E-state index in [0.717, 1.165) is 0 Å². The number of amides is 1. The first-order valence-corrected chi connectivity index (χ1v) is 9.24. The van der Waals surface area contributed by atoms with Crippen LogP contribution in [0.1, 0.15) is 22.8 Å². The normalized spacial score (nSPS) is 14.8. The number of carbonyl (C=O) groups excluding carboxylic acids is 3. The minimum atomic E-state index is -0.687. The van der Waals surface area contributed by atoms with Crippen molar-refractivity contribution in [2.24, 2.45) is 0 Å². The third kappa shape index (κ3) is 3.87. The first-order valence-electron chi connectivity index (χ1n) is 9.24. The van der Waals surface area contributed by atoms with Gasteiger partial charge in [0.05, 0.1) is 38.0 Å². The van der Waals surface area contributed by atoms with E-state index in [9.17, 15) is 19.5 Å². The molecule has 0 radical (unpaired) electrons. The van der Waals surface area contributed by atoms with Gasteiger partial charge in [-0.05, 0) is 43.3 Å². The number of methoxy groups -OCH3 is 3. The van der Waals surface area contributed by atoms with Crippen LogP contribution in [0.15, 0.2) is 59.3 Å². The van der Waals surface area contributed by atoms with Gasteiger partial charge in [-0.3, -0.25) is 9.69 Å². The molecule has 2 aromatic carbocycles. The highest BCUT2D eigenvalue weighted by Crippen LogP contribution is 2.38. The molecule has 2 aromatic rings. The van der Waals surface area contributed by atoms with Crippen LogP contribution in [0.25, 0.3) is 6.08 Å². The molecule has 0 bridgehead atoms. The predicted molar refractivity (Wildman–Crippen MR) is 113 cm³/mol. The summed E-state index contributed by atoms with van der Waals surface area (Å²) < 4.78 is 14.7. The van der Waals surface area contributed by atoms with E-state index in [1.807, 2.05) is 0 Å². The van der Waals surface area contributed by atoms with Gasteiger partial charge < -0.3 is 19.3 Å². The summed E-state index contributed by atoms with van der Waals surface area (Å²) in [5.74, 6) is -1.60. The lowest BCUT2D eigenvalue weighted by molar-refractivity contribution is -0.136. The summed E-state index contributed by atoms with van der Waals surface area (Å²) in [6, 6.07) is 11.0. The maximum Gasteiger partial charge on any atom is 0.340 e. The van der Waals surface area contributed by atoms with Gasteiger partial charge in [-0.15, -0.1) is 0 Å². The number of benzene rings is 2. The number of esters is 2. The SMILES string of the molecule is COC(=O)C1=C(C)N(c2ccc(C(=O)OC)cc2)C(=O)/C1=C\c1cccc(OC)c1O. The largest absolute Gasteiger partial charge is 0.504 e. The highest BCUT2D eigenvalue weighted by molar-refractivity contribution is 6.24. The Hall–Kier alpha value is -4.07. The van der Waals surface area contributed by atoms with E-state index < -0.39 is 17.8 Å². The third-order valence-corrected chi connectivity index (χ3v) is 4.89. The molecule has 0 saturated heterocycles. The topological polar surface area (TPSA) is 102 Å². The average molecular weight is 423 g/mol. The van der Waals surface area contributed by atoms with E-state index in [4.69, 9.17) is 9.47 Å². The van der Waals surface area contributed by atoms with Crippen LogP contribution in [0.2, 0.25) is 0 Å². The van der Waals surface area contributed by atoms with Crippen LogP contribution < -0.4 is 9.64 Å². The minimum absolute atomic E-state index is 0.0601. The minimum Gasteiger partial charge on any atom is -0.504 e. The van der Waals surface area contributed by atoms with E-state index >= 15 is 0 Å². The molecule has 1 heterocycles. The second-order valence-corrected chi connectivity index (χ2v) is 6.59. The fraction of sp³-hybridized carbons (Fsp3) is 0.174. The molecule has 1 aliphatic heterocycles. The molecule has 8 heteroatoms. The molecule has 160 valence electrons. The maximum absolute atomic E-state index is 13.3. The second kappa shape index (κ2) is 8.74. The van der Waals surface area contributed by atoms with E-state index in [0.29, 0.717) is 22.5 Å². The number of anilines is 1. The van der Waals surface area contributed by atoms with E-state index in [1.165, 1.54) is 44.4 Å². The quantitative estimate of drug-likeness (QED) is 0.582. The molecule has 0 unspecified atom stereocenters. The van der Waals surface area contributed by atoms with Crippen molar-refractivity contribution in [1.82, 2.24) is 0 Å². The van der Waals surface area contributed by atoms with Crippen LogP contribution in [-0.2, 0) is 19.1 Å². The van der Waals surface area contributed by atoms with Gasteiger partial charge in [-0.2, -0.15) is 0 Å². The van der Waals surface area contributed by atoms with Crippen LogP contribution in [0, 0.1) is 0 Å². The molecule has 1 N–H and O–H groups in total. The van der Waals surface area contributed by atoms with Crippen molar-refractivity contribution in [1.29, 1.82) is 0 Å². The number of ether oxygens (including phenoxy) is 3. The summed E-state index contributed by atoms with van der Waals surface area (Å²) in [7, 11) is 3.92. The van der Waals surface area contributed by atoms with Crippen LogP contribution in [-0.4, -0.2) is 44.3 Å². The number of carbonyl (C=O) groups is 3. The first-order chi connectivity index (χ1) is 14.8. The Kier molecular flexibility index (Phi) is 6.10. The molecule has 0 aliphatic carbocycles. The number of phenolic OH excluding ortho intramolecular Hbond substituents is 1. The number of para-hydroxylation sites is 1. The number of rotatable bonds is 5. The first kappa shape index (κ1) is 21.6. The predicted octanol–water partition coefficient (Wildman–Crippen LogP) is 3.06. The summed E-state index contributed by atoms with van der Waals surface area (Å²) in [6.07, 6.45) is 1.42. The van der Waals surface area contributed by atoms with Crippen molar-refractivity contribution >= 4 is 29.6 Å². The van der Waals surface area contributed by atoms with Gasteiger partial charge in [0.1, 0.15) is 0 Å². The van der Waals surface area contributed by atoms with Gasteiger partial charge in [0.2, 0.25) is 0 Å². The van der Waals surface area contributed by atoms with Crippen molar-refractivity contribution in [3.05, 3.63) is 70.4 Å². The van der Waals surface area contributed by atoms with Crippen LogP contribution in [0.5, 0.6) is 11.5 Å². The van der Waals surface area contributed by atoms with Crippen molar-refractivity contribution < 1.29 is 33.7 Å². The molecular formula is C23H21NO7. The monoisotopic (exact) mass is 423 g/mol. The molecule has 0 fully saturated rings. The fourth-order valence-electron chi connectivity index (χ4n) is 3.33. The van der Waals surface area contributed by atoms with Gasteiger partial charge in [0, 0.05) is 16.9 Å². The number of phenols is 1. The summed E-state index contributed by atoms with van der Waals surface area (Å²) in [5, 5.41) is 10.4. The highest BCUT2D eigenvalue weighted by Gasteiger charge is 2.38. The summed E-state index contributed by atoms with van der Waals surface area (Å²) >= 11 is 0. The Balaban J connectivity index is 2.11. The van der Waals surface area contributed by atoms with Gasteiger partial charge in [-0.1, -0.05) is 12.1 Å². The van der Waals surface area contributed by atoms with Gasteiger partial charge >= 0.3 is 11.9 Å². The second-order valence-electron chi connectivity index (χ2n) is 6.59. The third-order valence-electron chi connectivity index (χ3n) is 4.89. The zero-order valence-corrected chi connectivity index (χ0v) is 17.5. The number of allylic oxidation sites excluding steroid dienone is 1. The lowest BCUT2D eigenvalue weighted by atomic mass is 10.0. The highest BCUT2D eigenvalue weighted by atomic mass is 16.5. The van der Waals surface area contributed by atoms with Crippen molar-refractivity contribution in [3.8, 4) is 11.5 Å². The molecule has 1 aliphatic rings. The van der Waals surface area contributed by atoms with E-state index in [1.54, 1.807) is 37.3 Å². The summed E-state index contributed by atoms with van der Waals surface area (Å²) in [6.45, 7) is 1.62. The fourth-order valence-corrected chi connectivity index (χ4v) is 3.33. The summed E-state index contributed by atoms with van der Waals surface area (Å²) in [4.78, 5) is 38.8. The van der Waals surface area contributed by atoms with Gasteiger partial charge in [0.25, 0.3) is 5.91 Å². The van der Waals surface area contributed by atoms with Crippen LogP contribution in [0.4, 0.5) is 5.69 Å². The Bertz CT molecular complexity index is 1110. The van der Waals surface area contributed by atoms with Gasteiger partial charge in [-0.25, -0.2) is 9.59 Å². The maximum atomic E-state index is 13.3. The zero-order chi connectivity index (χ0) is 22.7. The number of nitrogens with zero attached hydrogens (tertiary/aromatic N) is 1. The Morgan fingerprint density at radius 3 is 2.19 bits per heavy atom. The Labute approximate surface area is 178 Å². The zero-order valence-electron chi connectivity index (χ0n) is 17.5. The standard InChI is InChI=1S/C23H21NO7/c1-13-19(23(28)31-4)17(12-15-6-5-7-18(29-2)20(15)25)21(26)24(13)16-10-8-14(9-11-16)22(27)30-3/h5-12,25H,1-4H3/b17-12-. The summed E-state index contributed by atoms with van der Waals surface area (Å²) in [5.41, 5.74) is 1.58. The molecule has 3 rings (SSSR count). The van der Waals surface area contributed by atoms with E-state index in [2.05, 4.69) is 4.74 Å². The molecule has 0 aromatic heterocycles. The lowest BCUT2D eigenvalue weighted by Crippen LogP contribution is -2.24. The van der Waals surface area contributed by atoms with Crippen LogP contribution >= 0.6 is 0 Å². The van der Waals surface area contributed by atoms with Crippen molar-refractivity contribution in [3.63, 3.8) is 0 Å². The number of hydrogen-bond donors (Lipinski definition) is 1. The lowest BCUT2D eigenvalue weighted by Gasteiger charge is -2.18. The molecule has 31 heavy (non-hydrogen) atoms. The molecule has 0 atom stereocenters. The smallest absolute Gasteiger partial charge is 0.340 e. The van der Waals surface area contributed by atoms with E-state index in [-0.39, 0.29) is 22.6 Å². The van der Waals surface area contributed by atoms with Crippen LogP contribution in [0.3, 0.4) is 0 Å². The number of aromatic hydroxyl groups is 1. The molecule has 0 spiro atoms. The Morgan fingerprint density at radius 1 is 0.968 bits per heavy atom. The average Bonchev–Trinajstić information content (AvgIpc) is 3.03. The molecule has 8 nitrogen and oxygen atoms in total.